The van der Waals surface area contributed by atoms with E-state index in [1.54, 1.807) is 0 Å². The van der Waals surface area contributed by atoms with E-state index in [1.165, 1.54) is 11.5 Å². The van der Waals surface area contributed by atoms with Crippen LogP contribution in [0.4, 0.5) is 0 Å². The quantitative estimate of drug-likeness (QED) is 0.666. The second kappa shape index (κ2) is 3.92. The van der Waals surface area contributed by atoms with Gasteiger partial charge in [0.25, 0.3) is 0 Å². The van der Waals surface area contributed by atoms with Crippen molar-refractivity contribution in [2.75, 3.05) is 0 Å². The number of imidazole rings is 1. The molecule has 0 atom stereocenters. The standard InChI is InChI=1S/C12H11N3OS/c1-2-5-10(16)11-14-17-12-13-8-6-3-4-7-9(8)15(11)12/h3-4,6-7H,2,5H2,1H3. The first-order chi connectivity index (χ1) is 8.31. The number of aromatic nitrogens is 3. The number of hydrogen-bond donors (Lipinski definition) is 0. The van der Waals surface area contributed by atoms with Crippen molar-refractivity contribution in [2.45, 2.75) is 19.8 Å². The molecule has 0 saturated carbocycles. The molecule has 2 aromatic heterocycles. The van der Waals surface area contributed by atoms with Crippen molar-refractivity contribution in [3.63, 3.8) is 0 Å². The van der Waals surface area contributed by atoms with Crippen molar-refractivity contribution in [3.05, 3.63) is 30.1 Å². The Bertz CT molecular complexity index is 698. The zero-order valence-corrected chi connectivity index (χ0v) is 10.2. The van der Waals surface area contributed by atoms with Crippen molar-refractivity contribution in [1.82, 2.24) is 13.8 Å². The lowest BCUT2D eigenvalue weighted by Crippen LogP contribution is -2.04. The smallest absolute Gasteiger partial charge is 0.214 e. The Labute approximate surface area is 102 Å². The largest absolute Gasteiger partial charge is 0.291 e. The molecule has 3 rings (SSSR count). The molecule has 5 heteroatoms. The van der Waals surface area contributed by atoms with E-state index in [9.17, 15) is 4.79 Å². The average molecular weight is 245 g/mol. The Kier molecular flexibility index (Phi) is 2.40. The lowest BCUT2D eigenvalue weighted by molar-refractivity contribution is 0.0972. The highest BCUT2D eigenvalue weighted by Crippen LogP contribution is 2.21. The summed E-state index contributed by atoms with van der Waals surface area (Å²) in [6, 6.07) is 7.80. The van der Waals surface area contributed by atoms with Gasteiger partial charge in [0.1, 0.15) is 0 Å². The van der Waals surface area contributed by atoms with Gasteiger partial charge in [0, 0.05) is 18.0 Å². The Morgan fingerprint density at radius 3 is 3.06 bits per heavy atom. The first-order valence-electron chi connectivity index (χ1n) is 5.57. The van der Waals surface area contributed by atoms with E-state index < -0.39 is 0 Å². The molecule has 0 bridgehead atoms. The maximum absolute atomic E-state index is 12.0. The van der Waals surface area contributed by atoms with Crippen LogP contribution in [-0.4, -0.2) is 19.5 Å². The molecule has 0 amide bonds. The molecule has 17 heavy (non-hydrogen) atoms. The molecule has 2 heterocycles. The fourth-order valence-electron chi connectivity index (χ4n) is 1.91. The van der Waals surface area contributed by atoms with Crippen molar-refractivity contribution in [2.24, 2.45) is 0 Å². The second-order valence-corrected chi connectivity index (χ2v) is 4.63. The van der Waals surface area contributed by atoms with Gasteiger partial charge in [0.15, 0.2) is 11.6 Å². The summed E-state index contributed by atoms with van der Waals surface area (Å²) in [5, 5.41) is 0. The summed E-state index contributed by atoms with van der Waals surface area (Å²) in [5.41, 5.74) is 1.86. The number of carbonyl (C=O) groups excluding carboxylic acids is 1. The minimum Gasteiger partial charge on any atom is -0.291 e. The van der Waals surface area contributed by atoms with Crippen molar-refractivity contribution < 1.29 is 4.79 Å². The molecule has 0 spiro atoms. The van der Waals surface area contributed by atoms with Gasteiger partial charge in [0.05, 0.1) is 11.0 Å². The Morgan fingerprint density at radius 2 is 2.24 bits per heavy atom. The van der Waals surface area contributed by atoms with Gasteiger partial charge in [0.2, 0.25) is 4.96 Å². The molecule has 0 aliphatic carbocycles. The van der Waals surface area contributed by atoms with E-state index in [0.717, 1.165) is 22.4 Å². The highest BCUT2D eigenvalue weighted by molar-refractivity contribution is 7.11. The third kappa shape index (κ3) is 1.54. The highest BCUT2D eigenvalue weighted by Gasteiger charge is 2.16. The number of rotatable bonds is 3. The second-order valence-electron chi connectivity index (χ2n) is 3.90. The van der Waals surface area contributed by atoms with Crippen molar-refractivity contribution in [1.29, 1.82) is 0 Å². The molecule has 0 fully saturated rings. The van der Waals surface area contributed by atoms with Gasteiger partial charge in [-0.05, 0) is 18.6 Å². The lowest BCUT2D eigenvalue weighted by Gasteiger charge is -1.96. The SMILES string of the molecule is CCCC(=O)c1nsc2nc3ccccc3n12. The van der Waals surface area contributed by atoms with E-state index in [1.807, 2.05) is 35.6 Å². The Balaban J connectivity index is 2.29. The van der Waals surface area contributed by atoms with Gasteiger partial charge < -0.3 is 0 Å². The molecular formula is C12H11N3OS. The van der Waals surface area contributed by atoms with Gasteiger partial charge in [-0.25, -0.2) is 4.98 Å². The van der Waals surface area contributed by atoms with Crippen LogP contribution in [0.25, 0.3) is 16.0 Å². The van der Waals surface area contributed by atoms with Crippen LogP contribution in [0.2, 0.25) is 0 Å². The molecular weight excluding hydrogens is 234 g/mol. The summed E-state index contributed by atoms with van der Waals surface area (Å²) in [7, 11) is 0. The van der Waals surface area contributed by atoms with Gasteiger partial charge >= 0.3 is 0 Å². The van der Waals surface area contributed by atoms with Crippen LogP contribution in [0.1, 0.15) is 30.4 Å². The zero-order valence-electron chi connectivity index (χ0n) is 9.38. The average Bonchev–Trinajstić information content (AvgIpc) is 2.87. The highest BCUT2D eigenvalue weighted by atomic mass is 32.1. The number of ketones is 1. The van der Waals surface area contributed by atoms with Crippen LogP contribution in [0.3, 0.4) is 0 Å². The van der Waals surface area contributed by atoms with Gasteiger partial charge in [-0.2, -0.15) is 4.37 Å². The third-order valence-corrected chi connectivity index (χ3v) is 3.38. The van der Waals surface area contributed by atoms with E-state index in [4.69, 9.17) is 0 Å². The fraction of sp³-hybridized carbons (Fsp3) is 0.250. The van der Waals surface area contributed by atoms with E-state index >= 15 is 0 Å². The van der Waals surface area contributed by atoms with Crippen LogP contribution < -0.4 is 0 Å². The molecule has 0 unspecified atom stereocenters. The number of para-hydroxylation sites is 2. The maximum Gasteiger partial charge on any atom is 0.214 e. The third-order valence-electron chi connectivity index (χ3n) is 2.68. The first-order valence-corrected chi connectivity index (χ1v) is 6.34. The van der Waals surface area contributed by atoms with Crippen LogP contribution in [0, 0.1) is 0 Å². The number of carbonyl (C=O) groups is 1. The predicted octanol–water partition coefficient (Wildman–Crippen LogP) is 2.93. The van der Waals surface area contributed by atoms with Crippen LogP contribution in [-0.2, 0) is 0 Å². The molecule has 86 valence electrons. The van der Waals surface area contributed by atoms with Crippen LogP contribution in [0.15, 0.2) is 24.3 Å². The number of nitrogens with zero attached hydrogens (tertiary/aromatic N) is 3. The molecule has 0 aliphatic rings. The lowest BCUT2D eigenvalue weighted by atomic mass is 10.2. The summed E-state index contributed by atoms with van der Waals surface area (Å²) in [6.45, 7) is 1.99. The number of fused-ring (bicyclic) bond motifs is 3. The zero-order chi connectivity index (χ0) is 11.8. The summed E-state index contributed by atoms with van der Waals surface area (Å²) in [5.74, 6) is 0.599. The van der Waals surface area contributed by atoms with Crippen molar-refractivity contribution >= 4 is 33.3 Å². The van der Waals surface area contributed by atoms with E-state index in [2.05, 4.69) is 9.36 Å². The van der Waals surface area contributed by atoms with Gasteiger partial charge in [-0.15, -0.1) is 0 Å². The van der Waals surface area contributed by atoms with E-state index in [-0.39, 0.29) is 5.78 Å². The predicted molar refractivity (Wildman–Crippen MR) is 67.6 cm³/mol. The molecule has 0 radical (unpaired) electrons. The van der Waals surface area contributed by atoms with Crippen LogP contribution >= 0.6 is 11.5 Å². The molecule has 0 N–H and O–H groups in total. The summed E-state index contributed by atoms with van der Waals surface area (Å²) >= 11 is 1.27. The molecule has 0 saturated heterocycles. The van der Waals surface area contributed by atoms with Gasteiger partial charge in [-0.1, -0.05) is 19.1 Å². The molecule has 1 aromatic carbocycles. The first kappa shape index (κ1) is 10.4. The Morgan fingerprint density at radius 1 is 1.41 bits per heavy atom. The molecule has 3 aromatic rings. The summed E-state index contributed by atoms with van der Waals surface area (Å²) < 4.78 is 6.08. The normalized spacial score (nSPS) is 11.4. The number of hydrogen-bond acceptors (Lipinski definition) is 4. The monoisotopic (exact) mass is 245 g/mol. The minimum atomic E-state index is 0.0851. The van der Waals surface area contributed by atoms with Crippen molar-refractivity contribution in [3.8, 4) is 0 Å². The topological polar surface area (TPSA) is 47.3 Å². The minimum absolute atomic E-state index is 0.0851. The van der Waals surface area contributed by atoms with Crippen LogP contribution in [0.5, 0.6) is 0 Å². The molecule has 4 nitrogen and oxygen atoms in total. The molecule has 0 aliphatic heterocycles. The number of Topliss-reactive ketones (excluding diaryl/α,β-unsaturated/α-hetero) is 1. The van der Waals surface area contributed by atoms with E-state index in [0.29, 0.717) is 12.2 Å². The Hall–Kier alpha value is -1.75. The van der Waals surface area contributed by atoms with Gasteiger partial charge in [-0.3, -0.25) is 9.20 Å². The number of benzene rings is 1. The fourth-order valence-corrected chi connectivity index (χ4v) is 2.67. The maximum atomic E-state index is 12.0. The summed E-state index contributed by atoms with van der Waals surface area (Å²) in [6.07, 6.45) is 1.37. The summed E-state index contributed by atoms with van der Waals surface area (Å²) in [4.78, 5) is 17.2.